The highest BCUT2D eigenvalue weighted by atomic mass is 16.4. The molecule has 1 aromatic heterocycles. The van der Waals surface area contributed by atoms with Crippen molar-refractivity contribution < 1.29 is 14.7 Å². The highest BCUT2D eigenvalue weighted by molar-refractivity contribution is 5.87. The van der Waals surface area contributed by atoms with Gasteiger partial charge >= 0.3 is 5.97 Å². The molecule has 0 bridgehead atoms. The molecule has 2 unspecified atom stereocenters. The third-order valence-corrected chi connectivity index (χ3v) is 4.85. The van der Waals surface area contributed by atoms with Crippen molar-refractivity contribution in [2.45, 2.75) is 39.3 Å². The van der Waals surface area contributed by atoms with Crippen molar-refractivity contribution in [3.8, 4) is 0 Å². The summed E-state index contributed by atoms with van der Waals surface area (Å²) in [5.41, 5.74) is 2.44. The molecule has 0 aliphatic carbocycles. The number of aromatic carboxylic acids is 1. The van der Waals surface area contributed by atoms with Gasteiger partial charge in [0.05, 0.1) is 17.8 Å². The molecule has 0 saturated carbocycles. The van der Waals surface area contributed by atoms with E-state index in [0.29, 0.717) is 5.92 Å². The van der Waals surface area contributed by atoms with E-state index >= 15 is 0 Å². The van der Waals surface area contributed by atoms with Crippen LogP contribution in [0.15, 0.2) is 36.7 Å². The van der Waals surface area contributed by atoms with Gasteiger partial charge in [0.25, 0.3) is 0 Å². The number of rotatable bonds is 4. The first kappa shape index (κ1) is 17.2. The van der Waals surface area contributed by atoms with E-state index in [4.69, 9.17) is 5.11 Å². The first-order valence-electron chi connectivity index (χ1n) is 8.57. The maximum Gasteiger partial charge on any atom is 0.338 e. The summed E-state index contributed by atoms with van der Waals surface area (Å²) in [5.74, 6) is -0.687. The minimum atomic E-state index is -1.04. The molecule has 1 aliphatic heterocycles. The van der Waals surface area contributed by atoms with E-state index in [2.05, 4.69) is 43.2 Å². The Morgan fingerprint density at radius 1 is 1.28 bits per heavy atom. The highest BCUT2D eigenvalue weighted by Gasteiger charge is 2.33. The van der Waals surface area contributed by atoms with Gasteiger partial charge in [-0.2, -0.15) is 5.10 Å². The number of carboxylic acids is 1. The summed E-state index contributed by atoms with van der Waals surface area (Å²) < 4.78 is 1.40. The van der Waals surface area contributed by atoms with E-state index in [0.717, 1.165) is 24.9 Å². The number of hydrogen-bond donors (Lipinski definition) is 1. The Morgan fingerprint density at radius 3 is 2.64 bits per heavy atom. The molecule has 1 amide bonds. The number of amides is 1. The summed E-state index contributed by atoms with van der Waals surface area (Å²) in [5, 5.41) is 13.0. The highest BCUT2D eigenvalue weighted by Crippen LogP contribution is 2.36. The molecule has 6 nitrogen and oxygen atoms in total. The number of carbonyl (C=O) groups excluding carboxylic acids is 1. The number of benzene rings is 1. The monoisotopic (exact) mass is 341 g/mol. The fraction of sp³-hybridized carbons (Fsp3) is 0.421. The standard InChI is InChI=1S/C19H23N3O3/c1-13-5-7-15(8-6-13)18-14(2)4-3-9-22(18)17(23)12-21-11-16(10-20-21)19(24)25/h5-8,10-11,14,18H,3-4,9,12H2,1-2H3,(H,24,25). The molecule has 1 N–H and O–H groups in total. The molecule has 132 valence electrons. The minimum absolute atomic E-state index is 0.0304. The van der Waals surface area contributed by atoms with Gasteiger partial charge in [0.15, 0.2) is 0 Å². The predicted octanol–water partition coefficient (Wildman–Crippen LogP) is 2.89. The molecule has 1 saturated heterocycles. The van der Waals surface area contributed by atoms with Crippen LogP contribution in [0.5, 0.6) is 0 Å². The van der Waals surface area contributed by atoms with Crippen molar-refractivity contribution >= 4 is 11.9 Å². The van der Waals surface area contributed by atoms with Gasteiger partial charge in [-0.15, -0.1) is 0 Å². The molecule has 0 spiro atoms. The van der Waals surface area contributed by atoms with Crippen LogP contribution in [-0.4, -0.2) is 38.2 Å². The minimum Gasteiger partial charge on any atom is -0.478 e. The van der Waals surface area contributed by atoms with Crippen molar-refractivity contribution in [3.63, 3.8) is 0 Å². The van der Waals surface area contributed by atoms with E-state index < -0.39 is 5.97 Å². The summed E-state index contributed by atoms with van der Waals surface area (Å²) >= 11 is 0. The van der Waals surface area contributed by atoms with Crippen LogP contribution in [0.1, 0.15) is 47.3 Å². The molecule has 25 heavy (non-hydrogen) atoms. The molecule has 1 aliphatic rings. The first-order chi connectivity index (χ1) is 12.0. The topological polar surface area (TPSA) is 75.4 Å². The molecule has 3 rings (SSSR count). The summed E-state index contributed by atoms with van der Waals surface area (Å²) in [6.07, 6.45) is 4.74. The fourth-order valence-electron chi connectivity index (χ4n) is 3.53. The van der Waals surface area contributed by atoms with Gasteiger partial charge in [-0.05, 0) is 31.2 Å². The zero-order valence-corrected chi connectivity index (χ0v) is 14.6. The second-order valence-electron chi connectivity index (χ2n) is 6.79. The second-order valence-corrected chi connectivity index (χ2v) is 6.79. The largest absolute Gasteiger partial charge is 0.478 e. The molecular weight excluding hydrogens is 318 g/mol. The average molecular weight is 341 g/mol. The molecule has 2 aromatic rings. The number of carboxylic acid groups (broad SMARTS) is 1. The number of carbonyl (C=O) groups is 2. The Labute approximate surface area is 147 Å². The van der Waals surface area contributed by atoms with Crippen molar-refractivity contribution in [2.75, 3.05) is 6.54 Å². The Bertz CT molecular complexity index is 766. The lowest BCUT2D eigenvalue weighted by Gasteiger charge is -2.40. The maximum absolute atomic E-state index is 12.9. The van der Waals surface area contributed by atoms with Crippen molar-refractivity contribution in [1.29, 1.82) is 0 Å². The van der Waals surface area contributed by atoms with Crippen molar-refractivity contribution in [1.82, 2.24) is 14.7 Å². The van der Waals surface area contributed by atoms with Crippen LogP contribution in [0.3, 0.4) is 0 Å². The first-order valence-corrected chi connectivity index (χ1v) is 8.57. The third kappa shape index (κ3) is 3.73. The van der Waals surface area contributed by atoms with Crippen LogP contribution < -0.4 is 0 Å². The van der Waals surface area contributed by atoms with Crippen molar-refractivity contribution in [2.24, 2.45) is 5.92 Å². The number of aryl methyl sites for hydroxylation is 1. The number of nitrogens with zero attached hydrogens (tertiary/aromatic N) is 3. The van der Waals surface area contributed by atoms with Gasteiger partial charge in [0, 0.05) is 12.7 Å². The Hall–Kier alpha value is -2.63. The molecule has 2 heterocycles. The van der Waals surface area contributed by atoms with Gasteiger partial charge in [-0.25, -0.2) is 4.79 Å². The van der Waals surface area contributed by atoms with Gasteiger partial charge in [0.2, 0.25) is 5.91 Å². The number of likely N-dealkylation sites (tertiary alicyclic amines) is 1. The number of piperidine rings is 1. The Balaban J connectivity index is 1.80. The zero-order chi connectivity index (χ0) is 18.0. The molecule has 0 radical (unpaired) electrons. The summed E-state index contributed by atoms with van der Waals surface area (Å²) in [6.45, 7) is 5.01. The molecule has 1 aromatic carbocycles. The van der Waals surface area contributed by atoms with E-state index in [9.17, 15) is 9.59 Å². The smallest absolute Gasteiger partial charge is 0.338 e. The van der Waals surface area contributed by atoms with Crippen LogP contribution in [0.2, 0.25) is 0 Å². The van der Waals surface area contributed by atoms with E-state index in [1.807, 2.05) is 4.90 Å². The average Bonchev–Trinajstić information content (AvgIpc) is 3.04. The van der Waals surface area contributed by atoms with Crippen LogP contribution in [0.4, 0.5) is 0 Å². The maximum atomic E-state index is 12.9. The zero-order valence-electron chi connectivity index (χ0n) is 14.6. The SMILES string of the molecule is Cc1ccc(C2C(C)CCCN2C(=O)Cn2cc(C(=O)O)cn2)cc1. The number of aromatic nitrogens is 2. The summed E-state index contributed by atoms with van der Waals surface area (Å²) in [6, 6.07) is 8.39. The van der Waals surface area contributed by atoms with Crippen LogP contribution in [0.25, 0.3) is 0 Å². The number of hydrogen-bond acceptors (Lipinski definition) is 3. The van der Waals surface area contributed by atoms with E-state index in [-0.39, 0.29) is 24.1 Å². The quantitative estimate of drug-likeness (QED) is 0.928. The van der Waals surface area contributed by atoms with Gasteiger partial charge in [-0.1, -0.05) is 36.8 Å². The lowest BCUT2D eigenvalue weighted by atomic mass is 9.85. The second kappa shape index (κ2) is 7.09. The Kier molecular flexibility index (Phi) is 4.88. The Morgan fingerprint density at radius 2 is 2.00 bits per heavy atom. The van der Waals surface area contributed by atoms with E-state index in [1.54, 1.807) is 0 Å². The van der Waals surface area contributed by atoms with Gasteiger partial charge in [0.1, 0.15) is 6.54 Å². The third-order valence-electron chi connectivity index (χ3n) is 4.85. The fourth-order valence-corrected chi connectivity index (χ4v) is 3.53. The van der Waals surface area contributed by atoms with Gasteiger partial charge in [-0.3, -0.25) is 9.48 Å². The summed E-state index contributed by atoms with van der Waals surface area (Å²) in [4.78, 5) is 25.7. The normalized spacial score (nSPS) is 20.5. The van der Waals surface area contributed by atoms with Crippen molar-refractivity contribution in [3.05, 3.63) is 53.3 Å². The lowest BCUT2D eigenvalue weighted by Crippen LogP contribution is -2.43. The van der Waals surface area contributed by atoms with Crippen LogP contribution in [-0.2, 0) is 11.3 Å². The predicted molar refractivity (Wildman–Crippen MR) is 93.2 cm³/mol. The van der Waals surface area contributed by atoms with Gasteiger partial charge < -0.3 is 10.0 Å². The van der Waals surface area contributed by atoms with E-state index in [1.165, 1.54) is 22.6 Å². The lowest BCUT2D eigenvalue weighted by molar-refractivity contribution is -0.137. The molecular formula is C19H23N3O3. The molecule has 1 fully saturated rings. The van der Waals surface area contributed by atoms with Crippen LogP contribution >= 0.6 is 0 Å². The molecule has 2 atom stereocenters. The van der Waals surface area contributed by atoms with Crippen LogP contribution in [0, 0.1) is 12.8 Å². The summed E-state index contributed by atoms with van der Waals surface area (Å²) in [7, 11) is 0. The molecule has 6 heteroatoms.